The normalized spacial score (nSPS) is 38.0. The SMILES string of the molecule is CC[C@H](CC(C)C)C[C@@H](C)[C@H]1CC[C@@H]2[C@@H]3CC=C4C[C@@H](OC(=O)c5cccnc5)CC[C@]4(C)[C@@H]3CC[C@@]21C. The number of hydrogen-bond acceptors (Lipinski definition) is 3. The van der Waals surface area contributed by atoms with Gasteiger partial charge in [-0.15, -0.1) is 0 Å². The van der Waals surface area contributed by atoms with Crippen molar-refractivity contribution in [2.45, 2.75) is 118 Å². The van der Waals surface area contributed by atoms with E-state index in [1.54, 1.807) is 30.1 Å². The van der Waals surface area contributed by atoms with Crippen molar-refractivity contribution in [1.29, 1.82) is 0 Å². The summed E-state index contributed by atoms with van der Waals surface area (Å²) in [6, 6.07) is 3.60. The van der Waals surface area contributed by atoms with Gasteiger partial charge in [-0.25, -0.2) is 4.79 Å². The van der Waals surface area contributed by atoms with Crippen molar-refractivity contribution in [1.82, 2.24) is 4.98 Å². The summed E-state index contributed by atoms with van der Waals surface area (Å²) in [5.41, 5.74) is 2.95. The minimum Gasteiger partial charge on any atom is -0.458 e. The number of pyridine rings is 1. The number of esters is 1. The third-order valence-corrected chi connectivity index (χ3v) is 12.1. The molecule has 0 unspecified atom stereocenters. The van der Waals surface area contributed by atoms with Crippen molar-refractivity contribution in [2.24, 2.45) is 52.3 Å². The van der Waals surface area contributed by atoms with E-state index < -0.39 is 0 Å². The Kier molecular flexibility index (Phi) is 8.14. The summed E-state index contributed by atoms with van der Waals surface area (Å²) >= 11 is 0. The summed E-state index contributed by atoms with van der Waals surface area (Å²) in [6.45, 7) is 15.1. The van der Waals surface area contributed by atoms with Crippen molar-refractivity contribution >= 4 is 5.97 Å². The van der Waals surface area contributed by atoms with Gasteiger partial charge in [-0.1, -0.05) is 59.6 Å². The Labute approximate surface area is 232 Å². The van der Waals surface area contributed by atoms with Crippen LogP contribution in [0.4, 0.5) is 0 Å². The number of aromatic nitrogens is 1. The Hall–Kier alpha value is -1.64. The zero-order valence-corrected chi connectivity index (χ0v) is 25.0. The summed E-state index contributed by atoms with van der Waals surface area (Å²) in [5, 5.41) is 0. The molecule has 9 atom stereocenters. The van der Waals surface area contributed by atoms with E-state index in [1.165, 1.54) is 51.4 Å². The predicted octanol–water partition coefficient (Wildman–Crippen LogP) is 9.28. The second-order valence-electron chi connectivity index (χ2n) is 14.6. The second kappa shape index (κ2) is 11.1. The molecule has 3 nitrogen and oxygen atoms in total. The maximum Gasteiger partial charge on any atom is 0.339 e. The van der Waals surface area contributed by atoms with Crippen molar-refractivity contribution in [3.8, 4) is 0 Å². The molecule has 5 rings (SSSR count). The largest absolute Gasteiger partial charge is 0.458 e. The lowest BCUT2D eigenvalue weighted by atomic mass is 9.47. The Morgan fingerprint density at radius 3 is 2.61 bits per heavy atom. The number of carbonyl (C=O) groups excluding carboxylic acids is 1. The van der Waals surface area contributed by atoms with E-state index >= 15 is 0 Å². The van der Waals surface area contributed by atoms with Gasteiger partial charge in [0.15, 0.2) is 0 Å². The van der Waals surface area contributed by atoms with E-state index in [-0.39, 0.29) is 17.5 Å². The van der Waals surface area contributed by atoms with E-state index in [0.29, 0.717) is 11.0 Å². The molecule has 0 radical (unpaired) electrons. The Morgan fingerprint density at radius 1 is 1.08 bits per heavy atom. The molecule has 0 amide bonds. The van der Waals surface area contributed by atoms with Gasteiger partial charge in [-0.2, -0.15) is 0 Å². The molecule has 0 bridgehead atoms. The molecule has 4 aliphatic carbocycles. The highest BCUT2D eigenvalue weighted by Gasteiger charge is 2.59. The van der Waals surface area contributed by atoms with Crippen LogP contribution in [0.1, 0.15) is 123 Å². The van der Waals surface area contributed by atoms with Crippen LogP contribution < -0.4 is 0 Å². The smallest absolute Gasteiger partial charge is 0.339 e. The van der Waals surface area contributed by atoms with Gasteiger partial charge in [-0.3, -0.25) is 4.98 Å². The maximum atomic E-state index is 12.7. The van der Waals surface area contributed by atoms with E-state index in [0.717, 1.165) is 60.7 Å². The van der Waals surface area contributed by atoms with Gasteiger partial charge in [0.1, 0.15) is 6.10 Å². The molecule has 210 valence electrons. The monoisotopic (exact) mass is 519 g/mol. The van der Waals surface area contributed by atoms with Gasteiger partial charge in [-0.05, 0) is 122 Å². The molecule has 0 aromatic carbocycles. The molecule has 0 saturated heterocycles. The van der Waals surface area contributed by atoms with Crippen LogP contribution in [0.3, 0.4) is 0 Å². The Morgan fingerprint density at radius 2 is 1.89 bits per heavy atom. The number of rotatable bonds is 8. The summed E-state index contributed by atoms with van der Waals surface area (Å²) < 4.78 is 5.98. The molecule has 38 heavy (non-hydrogen) atoms. The molecule has 3 saturated carbocycles. The lowest BCUT2D eigenvalue weighted by Crippen LogP contribution is -2.51. The number of fused-ring (bicyclic) bond motifs is 5. The summed E-state index contributed by atoms with van der Waals surface area (Å²) in [5.74, 6) is 5.75. The molecule has 3 heteroatoms. The topological polar surface area (TPSA) is 39.2 Å². The Balaban J connectivity index is 1.26. The average Bonchev–Trinajstić information content (AvgIpc) is 3.26. The summed E-state index contributed by atoms with van der Waals surface area (Å²) in [6.07, 6.45) is 20.1. The van der Waals surface area contributed by atoms with Gasteiger partial charge in [0, 0.05) is 18.8 Å². The van der Waals surface area contributed by atoms with Crippen LogP contribution in [0.5, 0.6) is 0 Å². The van der Waals surface area contributed by atoms with Gasteiger partial charge in [0.2, 0.25) is 0 Å². The molecule has 0 N–H and O–H groups in total. The van der Waals surface area contributed by atoms with Gasteiger partial charge >= 0.3 is 5.97 Å². The standard InChI is InChI=1S/C35H53NO2/c1-7-25(19-23(2)3)20-24(4)30-12-13-31-29-11-10-27-21-28(38-33(37)26-9-8-18-36-22-26)14-16-34(27,5)32(29)15-17-35(30,31)6/h8-10,18,22-25,28-32H,7,11-17,19-21H2,1-6H3/t24-,25-,28+,29+,30-,31-,32-,34+,35-/m1/s1. The lowest BCUT2D eigenvalue weighted by molar-refractivity contribution is -0.0602. The second-order valence-corrected chi connectivity index (χ2v) is 14.6. The molecule has 4 aliphatic rings. The predicted molar refractivity (Wildman–Crippen MR) is 156 cm³/mol. The molecule has 0 spiro atoms. The number of hydrogen-bond donors (Lipinski definition) is 0. The first-order chi connectivity index (χ1) is 18.2. The fraction of sp³-hybridized carbons (Fsp3) is 0.771. The molecular weight excluding hydrogens is 466 g/mol. The van der Waals surface area contributed by atoms with Gasteiger partial charge in [0.05, 0.1) is 5.56 Å². The minimum absolute atomic E-state index is 0.00139. The third kappa shape index (κ3) is 5.13. The number of carbonyl (C=O) groups is 1. The highest BCUT2D eigenvalue weighted by atomic mass is 16.5. The highest BCUT2D eigenvalue weighted by Crippen LogP contribution is 2.67. The van der Waals surface area contributed by atoms with Crippen molar-refractivity contribution < 1.29 is 9.53 Å². The van der Waals surface area contributed by atoms with Crippen molar-refractivity contribution in [2.75, 3.05) is 0 Å². The first-order valence-electron chi connectivity index (χ1n) is 16.0. The Bertz CT molecular complexity index is 1000. The van der Waals surface area contributed by atoms with E-state index in [1.807, 2.05) is 0 Å². The molecule has 1 aromatic rings. The minimum atomic E-state index is -0.223. The van der Waals surface area contributed by atoms with Gasteiger partial charge < -0.3 is 4.74 Å². The van der Waals surface area contributed by atoms with E-state index in [2.05, 4.69) is 52.6 Å². The zero-order chi connectivity index (χ0) is 27.1. The van der Waals surface area contributed by atoms with Crippen LogP contribution >= 0.6 is 0 Å². The summed E-state index contributed by atoms with van der Waals surface area (Å²) in [4.78, 5) is 16.8. The first-order valence-corrected chi connectivity index (χ1v) is 16.0. The van der Waals surface area contributed by atoms with Crippen LogP contribution in [-0.4, -0.2) is 17.1 Å². The van der Waals surface area contributed by atoms with Crippen LogP contribution in [0.2, 0.25) is 0 Å². The summed E-state index contributed by atoms with van der Waals surface area (Å²) in [7, 11) is 0. The van der Waals surface area contributed by atoms with Crippen LogP contribution in [0.25, 0.3) is 0 Å². The number of ether oxygens (including phenoxy) is 1. The molecular formula is C35H53NO2. The van der Waals surface area contributed by atoms with E-state index in [9.17, 15) is 4.79 Å². The zero-order valence-electron chi connectivity index (χ0n) is 25.0. The highest BCUT2D eigenvalue weighted by molar-refractivity contribution is 5.89. The fourth-order valence-electron chi connectivity index (χ4n) is 10.2. The van der Waals surface area contributed by atoms with Crippen LogP contribution in [-0.2, 0) is 4.74 Å². The lowest BCUT2D eigenvalue weighted by Gasteiger charge is -2.58. The fourth-order valence-corrected chi connectivity index (χ4v) is 10.2. The van der Waals surface area contributed by atoms with E-state index in [4.69, 9.17) is 4.74 Å². The van der Waals surface area contributed by atoms with Crippen LogP contribution in [0, 0.1) is 52.3 Å². The van der Waals surface area contributed by atoms with Crippen molar-refractivity contribution in [3.63, 3.8) is 0 Å². The number of nitrogens with zero attached hydrogens (tertiary/aromatic N) is 1. The van der Waals surface area contributed by atoms with Crippen LogP contribution in [0.15, 0.2) is 36.2 Å². The first kappa shape index (κ1) is 27.9. The molecule has 0 aliphatic heterocycles. The van der Waals surface area contributed by atoms with Crippen molar-refractivity contribution in [3.05, 3.63) is 41.7 Å². The van der Waals surface area contributed by atoms with Gasteiger partial charge in [0.25, 0.3) is 0 Å². The number of allylic oxidation sites excluding steroid dienone is 1. The average molecular weight is 520 g/mol. The molecule has 1 heterocycles. The third-order valence-electron chi connectivity index (χ3n) is 12.1. The molecule has 1 aromatic heterocycles. The quantitative estimate of drug-likeness (QED) is 0.254. The maximum absolute atomic E-state index is 12.7. The molecule has 3 fully saturated rings.